The zero-order valence-corrected chi connectivity index (χ0v) is 11.3. The largest absolute Gasteiger partial charge is 0.480 e. The Hall–Kier alpha value is -1.51. The Morgan fingerprint density at radius 3 is 2.89 bits per heavy atom. The van der Waals surface area contributed by atoms with Crippen LogP contribution in [0.15, 0.2) is 6.20 Å². The number of likely N-dealkylation sites (N-methyl/N-ethyl adjacent to an activating group) is 1. The van der Waals surface area contributed by atoms with E-state index in [9.17, 15) is 9.90 Å². The van der Waals surface area contributed by atoms with Crippen molar-refractivity contribution in [2.24, 2.45) is 0 Å². The van der Waals surface area contributed by atoms with Crippen LogP contribution in [0.5, 0.6) is 0 Å². The topological polar surface area (TPSA) is 104 Å². The van der Waals surface area contributed by atoms with Crippen LogP contribution < -0.4 is 5.32 Å². The van der Waals surface area contributed by atoms with Gasteiger partial charge in [-0.2, -0.15) is 0 Å². The number of aliphatic carboxylic acids is 1. The summed E-state index contributed by atoms with van der Waals surface area (Å²) in [6, 6.07) is -0.858. The van der Waals surface area contributed by atoms with Gasteiger partial charge in [0.1, 0.15) is 5.69 Å². The molecule has 0 spiro atoms. The molecule has 0 saturated carbocycles. The van der Waals surface area contributed by atoms with Gasteiger partial charge in [0.2, 0.25) is 0 Å². The van der Waals surface area contributed by atoms with Crippen molar-refractivity contribution in [3.05, 3.63) is 11.9 Å². The van der Waals surface area contributed by atoms with Gasteiger partial charge in [0.05, 0.1) is 6.20 Å². The average molecular weight is 271 g/mol. The molecular weight excluding hydrogens is 250 g/mol. The van der Waals surface area contributed by atoms with Crippen LogP contribution in [-0.4, -0.2) is 69.9 Å². The highest BCUT2D eigenvalue weighted by Crippen LogP contribution is 2.09. The molecule has 0 aliphatic rings. The standard InChI is InChI=1S/C11H21N5O3/c1-15(2)6-4-12-10(11(18)19)9-8-16(14-13-9)5-3-7-17/h8,10,12,17H,3-7H2,1-2H3,(H,18,19). The lowest BCUT2D eigenvalue weighted by atomic mass is 10.2. The SMILES string of the molecule is CN(C)CCNC(C(=O)O)c1cn(CCCO)nn1. The van der Waals surface area contributed by atoms with Crippen molar-refractivity contribution in [3.63, 3.8) is 0 Å². The first-order chi connectivity index (χ1) is 9.04. The lowest BCUT2D eigenvalue weighted by Crippen LogP contribution is -2.34. The number of carboxylic acids is 1. The zero-order valence-electron chi connectivity index (χ0n) is 11.3. The fourth-order valence-electron chi connectivity index (χ4n) is 1.54. The summed E-state index contributed by atoms with van der Waals surface area (Å²) in [7, 11) is 3.84. The summed E-state index contributed by atoms with van der Waals surface area (Å²) < 4.78 is 1.54. The van der Waals surface area contributed by atoms with E-state index in [2.05, 4.69) is 15.6 Å². The molecule has 0 aliphatic heterocycles. The van der Waals surface area contributed by atoms with Crippen LogP contribution in [-0.2, 0) is 11.3 Å². The number of aryl methyl sites for hydroxylation is 1. The van der Waals surface area contributed by atoms with Gasteiger partial charge < -0.3 is 15.1 Å². The highest BCUT2D eigenvalue weighted by atomic mass is 16.4. The van der Waals surface area contributed by atoms with Gasteiger partial charge in [-0.3, -0.25) is 14.8 Å². The summed E-state index contributed by atoms with van der Waals surface area (Å²) in [6.45, 7) is 1.88. The second-order valence-corrected chi connectivity index (χ2v) is 4.51. The van der Waals surface area contributed by atoms with E-state index in [1.54, 1.807) is 6.20 Å². The molecule has 0 fully saturated rings. The van der Waals surface area contributed by atoms with Gasteiger partial charge in [0.25, 0.3) is 0 Å². The number of aliphatic hydroxyl groups excluding tert-OH is 1. The smallest absolute Gasteiger partial charge is 0.327 e. The molecule has 0 amide bonds. The van der Waals surface area contributed by atoms with Crippen molar-refractivity contribution < 1.29 is 15.0 Å². The van der Waals surface area contributed by atoms with Gasteiger partial charge >= 0.3 is 5.97 Å². The van der Waals surface area contributed by atoms with Crippen molar-refractivity contribution >= 4 is 5.97 Å². The van der Waals surface area contributed by atoms with Crippen molar-refractivity contribution in [1.29, 1.82) is 0 Å². The van der Waals surface area contributed by atoms with Gasteiger partial charge in [-0.15, -0.1) is 5.10 Å². The molecule has 1 aromatic heterocycles. The summed E-state index contributed by atoms with van der Waals surface area (Å²) in [4.78, 5) is 13.2. The number of carboxylic acid groups (broad SMARTS) is 1. The van der Waals surface area contributed by atoms with Gasteiger partial charge in [0.15, 0.2) is 6.04 Å². The Balaban J connectivity index is 2.60. The Morgan fingerprint density at radius 1 is 1.58 bits per heavy atom. The summed E-state index contributed by atoms with van der Waals surface area (Å²) in [5.74, 6) is -0.979. The Morgan fingerprint density at radius 2 is 2.32 bits per heavy atom. The molecule has 0 radical (unpaired) electrons. The van der Waals surface area contributed by atoms with Crippen LogP contribution in [0.3, 0.4) is 0 Å². The fourth-order valence-corrected chi connectivity index (χ4v) is 1.54. The first kappa shape index (κ1) is 15.5. The molecule has 1 rings (SSSR count). The van der Waals surface area contributed by atoms with E-state index in [1.807, 2.05) is 19.0 Å². The number of hydrogen-bond acceptors (Lipinski definition) is 6. The van der Waals surface area contributed by atoms with Crippen molar-refractivity contribution in [3.8, 4) is 0 Å². The van der Waals surface area contributed by atoms with Crippen LogP contribution in [0.2, 0.25) is 0 Å². The molecule has 8 heteroatoms. The van der Waals surface area contributed by atoms with E-state index in [4.69, 9.17) is 5.11 Å². The van der Waals surface area contributed by atoms with E-state index in [-0.39, 0.29) is 6.61 Å². The van der Waals surface area contributed by atoms with E-state index in [0.29, 0.717) is 25.2 Å². The number of aromatic nitrogens is 3. The third kappa shape index (κ3) is 5.33. The molecule has 1 atom stereocenters. The molecule has 8 nitrogen and oxygen atoms in total. The van der Waals surface area contributed by atoms with Crippen molar-refractivity contribution in [2.75, 3.05) is 33.8 Å². The Kier molecular flexibility index (Phi) is 6.40. The second-order valence-electron chi connectivity index (χ2n) is 4.51. The highest BCUT2D eigenvalue weighted by molar-refractivity contribution is 5.74. The second kappa shape index (κ2) is 7.82. The molecule has 19 heavy (non-hydrogen) atoms. The van der Waals surface area contributed by atoms with E-state index in [1.165, 1.54) is 4.68 Å². The molecule has 1 aromatic rings. The predicted octanol–water partition coefficient (Wildman–Crippen LogP) is -1.06. The zero-order chi connectivity index (χ0) is 14.3. The molecule has 0 saturated heterocycles. The van der Waals surface area contributed by atoms with Gasteiger partial charge in [-0.25, -0.2) is 0 Å². The van der Waals surface area contributed by atoms with E-state index < -0.39 is 12.0 Å². The monoisotopic (exact) mass is 271 g/mol. The average Bonchev–Trinajstić information content (AvgIpc) is 2.79. The molecule has 0 aromatic carbocycles. The lowest BCUT2D eigenvalue weighted by Gasteiger charge is -2.14. The molecular formula is C11H21N5O3. The van der Waals surface area contributed by atoms with Gasteiger partial charge in [-0.1, -0.05) is 5.21 Å². The molecule has 0 bridgehead atoms. The summed E-state index contributed by atoms with van der Waals surface area (Å²) in [5, 5.41) is 28.5. The number of aliphatic hydroxyl groups is 1. The van der Waals surface area contributed by atoms with Crippen molar-refractivity contribution in [1.82, 2.24) is 25.2 Å². The lowest BCUT2D eigenvalue weighted by molar-refractivity contribution is -0.139. The maximum Gasteiger partial charge on any atom is 0.327 e. The van der Waals surface area contributed by atoms with E-state index >= 15 is 0 Å². The minimum atomic E-state index is -0.979. The third-order valence-electron chi connectivity index (χ3n) is 2.55. The minimum absolute atomic E-state index is 0.0681. The van der Waals surface area contributed by atoms with Crippen LogP contribution in [0, 0.1) is 0 Å². The molecule has 108 valence electrons. The molecule has 1 unspecified atom stereocenters. The Bertz CT molecular complexity index is 393. The van der Waals surface area contributed by atoms with Crippen LogP contribution >= 0.6 is 0 Å². The summed E-state index contributed by atoms with van der Waals surface area (Å²) >= 11 is 0. The van der Waals surface area contributed by atoms with Crippen LogP contribution in [0.25, 0.3) is 0 Å². The van der Waals surface area contributed by atoms with Crippen molar-refractivity contribution in [2.45, 2.75) is 19.0 Å². The minimum Gasteiger partial charge on any atom is -0.480 e. The Labute approximate surface area is 112 Å². The van der Waals surface area contributed by atoms with Gasteiger partial charge in [0, 0.05) is 26.2 Å². The number of nitrogens with zero attached hydrogens (tertiary/aromatic N) is 4. The quantitative estimate of drug-likeness (QED) is 0.526. The molecule has 1 heterocycles. The maximum absolute atomic E-state index is 11.2. The first-order valence-electron chi connectivity index (χ1n) is 6.16. The number of hydrogen-bond donors (Lipinski definition) is 3. The predicted molar refractivity (Wildman–Crippen MR) is 68.7 cm³/mol. The normalized spacial score (nSPS) is 12.8. The summed E-state index contributed by atoms with van der Waals surface area (Å²) in [6.07, 6.45) is 2.16. The molecule has 3 N–H and O–H groups in total. The van der Waals surface area contributed by atoms with Crippen LogP contribution in [0.1, 0.15) is 18.2 Å². The molecule has 0 aliphatic carbocycles. The summed E-state index contributed by atoms with van der Waals surface area (Å²) in [5.41, 5.74) is 0.379. The highest BCUT2D eigenvalue weighted by Gasteiger charge is 2.22. The van der Waals surface area contributed by atoms with E-state index in [0.717, 1.165) is 6.54 Å². The van der Waals surface area contributed by atoms with Crippen LogP contribution in [0.4, 0.5) is 0 Å². The maximum atomic E-state index is 11.2. The number of carbonyl (C=O) groups is 1. The fraction of sp³-hybridized carbons (Fsp3) is 0.727. The first-order valence-corrected chi connectivity index (χ1v) is 6.16. The third-order valence-corrected chi connectivity index (χ3v) is 2.55. The number of rotatable bonds is 9. The number of nitrogens with one attached hydrogen (secondary N) is 1. The van der Waals surface area contributed by atoms with Gasteiger partial charge in [-0.05, 0) is 20.5 Å².